The van der Waals surface area contributed by atoms with Crippen LogP contribution in [0.2, 0.25) is 0 Å². The van der Waals surface area contributed by atoms with Crippen LogP contribution in [0.3, 0.4) is 0 Å². The second-order valence-corrected chi connectivity index (χ2v) is 11.8. The average Bonchev–Trinajstić information content (AvgIpc) is 3.39. The van der Waals surface area contributed by atoms with E-state index in [-0.39, 0.29) is 42.4 Å². The summed E-state index contributed by atoms with van der Waals surface area (Å²) >= 11 is 0. The lowest BCUT2D eigenvalue weighted by molar-refractivity contribution is -0.160. The van der Waals surface area contributed by atoms with Crippen molar-refractivity contribution in [2.45, 2.75) is 83.3 Å². The Bertz CT molecular complexity index is 1090. The molecule has 6 nitrogen and oxygen atoms in total. The van der Waals surface area contributed by atoms with Gasteiger partial charge in [0.05, 0.1) is 11.7 Å². The van der Waals surface area contributed by atoms with E-state index in [4.69, 9.17) is 0 Å². The number of pyridine rings is 1. The molecule has 1 N–H and O–H groups in total. The monoisotopic (exact) mass is 472 g/mol. The maximum atomic E-state index is 13.5. The molecule has 4 aliphatic rings. The highest BCUT2D eigenvalue weighted by atomic mass is 19.3. The number of ketones is 1. The lowest BCUT2D eigenvalue weighted by Gasteiger charge is -2.57. The largest absolute Gasteiger partial charge is 0.384 e. The Morgan fingerprint density at radius 3 is 2.79 bits per heavy atom. The van der Waals surface area contributed by atoms with E-state index < -0.39 is 12.0 Å². The van der Waals surface area contributed by atoms with E-state index in [2.05, 4.69) is 22.2 Å². The van der Waals surface area contributed by atoms with Gasteiger partial charge < -0.3 is 5.11 Å². The number of hydrogen-bond donors (Lipinski definition) is 1. The Kier molecular flexibility index (Phi) is 5.32. The van der Waals surface area contributed by atoms with E-state index in [1.165, 1.54) is 0 Å². The third-order valence-corrected chi connectivity index (χ3v) is 10.5. The van der Waals surface area contributed by atoms with Crippen molar-refractivity contribution in [3.63, 3.8) is 0 Å². The van der Waals surface area contributed by atoms with E-state index in [0.29, 0.717) is 35.6 Å². The standard InChI is InChI=1S/C26H34F2N4O2/c1-25-9-6-17-16-7-10-26(34,24(27)28)12-15(16)2-3-18(17)19(25)4-5-20(25)23(33)14-32-22-8-11-29-13-21(22)30-31-32/h8,11,13,15-20,24,34H,2-7,9-10,12,14H2,1H3/t15-,16+,17-,18-,19+,20-,25+,26-/m1/s1. The van der Waals surface area contributed by atoms with Crippen LogP contribution in [-0.4, -0.2) is 42.9 Å². The molecule has 4 fully saturated rings. The lowest BCUT2D eigenvalue weighted by atomic mass is 9.49. The quantitative estimate of drug-likeness (QED) is 0.700. The minimum Gasteiger partial charge on any atom is -0.384 e. The van der Waals surface area contributed by atoms with Crippen molar-refractivity contribution in [3.05, 3.63) is 18.5 Å². The molecule has 0 amide bonds. The van der Waals surface area contributed by atoms with Crippen molar-refractivity contribution in [3.8, 4) is 0 Å². The number of alkyl halides is 2. The number of fused-ring (bicyclic) bond motifs is 6. The Balaban J connectivity index is 1.18. The number of carbonyl (C=O) groups is 1. The highest BCUT2D eigenvalue weighted by Crippen LogP contribution is 2.65. The molecule has 0 unspecified atom stereocenters. The zero-order valence-electron chi connectivity index (χ0n) is 19.7. The number of nitrogens with zero attached hydrogens (tertiary/aromatic N) is 4. The van der Waals surface area contributed by atoms with Crippen LogP contribution in [-0.2, 0) is 11.3 Å². The summed E-state index contributed by atoms with van der Waals surface area (Å²) in [5.74, 6) is 2.61. The van der Waals surface area contributed by atoms with Crippen LogP contribution in [0.5, 0.6) is 0 Å². The number of aromatic nitrogens is 4. The molecule has 8 atom stereocenters. The fourth-order valence-corrected chi connectivity index (χ4v) is 8.84. The zero-order chi connectivity index (χ0) is 23.7. The Morgan fingerprint density at radius 1 is 1.15 bits per heavy atom. The fourth-order valence-electron chi connectivity index (χ4n) is 8.84. The third kappa shape index (κ3) is 3.34. The average molecular weight is 473 g/mol. The molecule has 4 aliphatic carbocycles. The van der Waals surface area contributed by atoms with E-state index >= 15 is 0 Å². The molecule has 0 saturated heterocycles. The zero-order valence-corrected chi connectivity index (χ0v) is 19.7. The van der Waals surface area contributed by atoms with Crippen LogP contribution in [0, 0.1) is 40.9 Å². The first-order valence-electron chi connectivity index (χ1n) is 13.0. The number of aliphatic hydroxyl groups is 1. The summed E-state index contributed by atoms with van der Waals surface area (Å²) in [6.07, 6.45) is 8.00. The minimum absolute atomic E-state index is 0.00139. The SMILES string of the molecule is C[C@]12CC[C@H]3[C@@H](CC[C@@H]4C[C@@](O)(C(F)F)CC[C@@H]43)[C@@H]1CC[C@@H]2C(=O)Cn1nnc2cnccc21. The Labute approximate surface area is 198 Å². The van der Waals surface area contributed by atoms with Crippen molar-refractivity contribution in [1.29, 1.82) is 0 Å². The molecule has 0 bridgehead atoms. The highest BCUT2D eigenvalue weighted by Gasteiger charge is 2.59. The normalized spacial score (nSPS) is 41.8. The minimum atomic E-state index is -2.65. The van der Waals surface area contributed by atoms with E-state index in [1.807, 2.05) is 6.07 Å². The predicted octanol–water partition coefficient (Wildman–Crippen LogP) is 4.66. The van der Waals surface area contributed by atoms with Crippen molar-refractivity contribution < 1.29 is 18.7 Å². The number of rotatable bonds is 4. The molecule has 2 heterocycles. The van der Waals surface area contributed by atoms with Crippen LogP contribution in [0.1, 0.15) is 64.7 Å². The van der Waals surface area contributed by atoms with Crippen LogP contribution in [0.4, 0.5) is 8.78 Å². The second-order valence-electron chi connectivity index (χ2n) is 11.8. The van der Waals surface area contributed by atoms with Gasteiger partial charge in [-0.3, -0.25) is 9.78 Å². The fraction of sp³-hybridized carbons (Fsp3) is 0.769. The smallest absolute Gasteiger partial charge is 0.266 e. The molecular formula is C26H34F2N4O2. The van der Waals surface area contributed by atoms with Gasteiger partial charge in [-0.2, -0.15) is 0 Å². The summed E-state index contributed by atoms with van der Waals surface area (Å²) in [7, 11) is 0. The summed E-state index contributed by atoms with van der Waals surface area (Å²) in [6.45, 7) is 2.58. The summed E-state index contributed by atoms with van der Waals surface area (Å²) in [6, 6.07) is 1.85. The van der Waals surface area contributed by atoms with E-state index in [9.17, 15) is 18.7 Å². The van der Waals surface area contributed by atoms with Crippen LogP contribution in [0.15, 0.2) is 18.5 Å². The molecule has 184 valence electrons. The van der Waals surface area contributed by atoms with Crippen LogP contribution in [0.25, 0.3) is 11.0 Å². The number of Topliss-reactive ketones (excluding diaryl/α,β-unsaturated/α-hetero) is 1. The maximum Gasteiger partial charge on any atom is 0.266 e. The number of hydrogen-bond acceptors (Lipinski definition) is 5. The molecule has 2 aromatic heterocycles. The van der Waals surface area contributed by atoms with Gasteiger partial charge in [0.15, 0.2) is 5.78 Å². The maximum absolute atomic E-state index is 13.5. The lowest BCUT2D eigenvalue weighted by Crippen LogP contribution is -2.53. The third-order valence-electron chi connectivity index (χ3n) is 10.5. The number of carbonyl (C=O) groups excluding carboxylic acids is 1. The van der Waals surface area contributed by atoms with Gasteiger partial charge in [0.25, 0.3) is 6.43 Å². The molecule has 0 aliphatic heterocycles. The van der Waals surface area contributed by atoms with Crippen molar-refractivity contribution >= 4 is 16.8 Å². The molecule has 2 aromatic rings. The summed E-state index contributed by atoms with van der Waals surface area (Å²) in [5, 5.41) is 18.8. The first kappa shape index (κ1) is 22.5. The van der Waals surface area contributed by atoms with Crippen LogP contribution >= 0.6 is 0 Å². The molecular weight excluding hydrogens is 438 g/mol. The Hall–Kier alpha value is -1.96. The van der Waals surface area contributed by atoms with E-state index in [1.54, 1.807) is 17.1 Å². The molecule has 8 heteroatoms. The molecule has 0 spiro atoms. The van der Waals surface area contributed by atoms with Gasteiger partial charge in [0, 0.05) is 12.1 Å². The summed E-state index contributed by atoms with van der Waals surface area (Å²) in [5.41, 5.74) is -0.245. The first-order chi connectivity index (χ1) is 16.3. The number of halogens is 2. The van der Waals surface area contributed by atoms with Gasteiger partial charge in [-0.25, -0.2) is 13.5 Å². The van der Waals surface area contributed by atoms with Crippen molar-refractivity contribution in [2.75, 3.05) is 0 Å². The summed E-state index contributed by atoms with van der Waals surface area (Å²) < 4.78 is 28.6. The van der Waals surface area contributed by atoms with Gasteiger partial charge >= 0.3 is 0 Å². The molecule has 6 rings (SSSR count). The van der Waals surface area contributed by atoms with Crippen molar-refractivity contribution in [2.24, 2.45) is 40.9 Å². The molecule has 0 aromatic carbocycles. The predicted molar refractivity (Wildman–Crippen MR) is 122 cm³/mol. The van der Waals surface area contributed by atoms with Crippen molar-refractivity contribution in [1.82, 2.24) is 20.0 Å². The molecule has 34 heavy (non-hydrogen) atoms. The van der Waals surface area contributed by atoms with Gasteiger partial charge in [0.1, 0.15) is 17.7 Å². The first-order valence-corrected chi connectivity index (χ1v) is 13.0. The van der Waals surface area contributed by atoms with Gasteiger partial charge in [-0.05, 0) is 98.9 Å². The van der Waals surface area contributed by atoms with E-state index in [0.717, 1.165) is 44.0 Å². The summed E-state index contributed by atoms with van der Waals surface area (Å²) in [4.78, 5) is 17.6. The van der Waals surface area contributed by atoms with Gasteiger partial charge in [-0.15, -0.1) is 5.10 Å². The van der Waals surface area contributed by atoms with Gasteiger partial charge in [0.2, 0.25) is 0 Å². The molecule has 4 saturated carbocycles. The van der Waals surface area contributed by atoms with Crippen LogP contribution < -0.4 is 0 Å². The topological polar surface area (TPSA) is 80.9 Å². The Morgan fingerprint density at radius 2 is 1.97 bits per heavy atom. The highest BCUT2D eigenvalue weighted by molar-refractivity contribution is 5.84. The molecule has 0 radical (unpaired) electrons. The second kappa shape index (κ2) is 8.04. The van der Waals surface area contributed by atoms with Gasteiger partial charge in [-0.1, -0.05) is 12.1 Å².